The molecule has 0 saturated carbocycles. The fourth-order valence-corrected chi connectivity index (χ4v) is 8.68. The van der Waals surface area contributed by atoms with Crippen LogP contribution >= 0.6 is 0 Å². The number of methoxy groups -OCH3 is 1. The number of amides is 2. The molecule has 0 aromatic heterocycles. The molecule has 2 aliphatic heterocycles. The van der Waals surface area contributed by atoms with Gasteiger partial charge in [0.1, 0.15) is 5.75 Å². The molecule has 1 atom stereocenters. The molecule has 4 aromatic rings. The predicted molar refractivity (Wildman–Crippen MR) is 179 cm³/mol. The summed E-state index contributed by atoms with van der Waals surface area (Å²) in [6.45, 7) is 5.34. The predicted octanol–water partition coefficient (Wildman–Crippen LogP) is 5.63. The topological polar surface area (TPSA) is 96.0 Å². The zero-order valence-corrected chi connectivity index (χ0v) is 27.2. The third kappa shape index (κ3) is 5.75. The summed E-state index contributed by atoms with van der Waals surface area (Å²) >= 11 is 0. The second-order valence-corrected chi connectivity index (χ2v) is 14.0. The van der Waals surface area contributed by atoms with Gasteiger partial charge in [-0.3, -0.25) is 13.9 Å². The van der Waals surface area contributed by atoms with E-state index in [9.17, 15) is 18.0 Å². The molecule has 0 aliphatic carbocycles. The van der Waals surface area contributed by atoms with Gasteiger partial charge in [-0.2, -0.15) is 0 Å². The Morgan fingerprint density at radius 1 is 0.913 bits per heavy atom. The molecule has 1 N–H and O–H groups in total. The first-order valence-electron chi connectivity index (χ1n) is 15.6. The van der Waals surface area contributed by atoms with Crippen molar-refractivity contribution in [1.82, 2.24) is 10.2 Å². The SMILES string of the molecule is COc1ccc(S(=O)(=O)N2c3ccc(C(=O)NCc4ccccc4C)cc3C3(CCN(C(=O)Cc4ccccc4)CC3)C2C)cc1. The van der Waals surface area contributed by atoms with Crippen LogP contribution in [0.2, 0.25) is 0 Å². The molecule has 1 spiro atoms. The van der Waals surface area contributed by atoms with Crippen molar-refractivity contribution in [2.24, 2.45) is 0 Å². The third-order valence-corrected chi connectivity index (χ3v) is 11.6. The van der Waals surface area contributed by atoms with Crippen molar-refractivity contribution in [3.05, 3.63) is 125 Å². The lowest BCUT2D eigenvalue weighted by atomic mass is 9.70. The molecule has 2 aliphatic rings. The van der Waals surface area contributed by atoms with Gasteiger partial charge in [-0.25, -0.2) is 8.42 Å². The minimum absolute atomic E-state index is 0.0546. The highest BCUT2D eigenvalue weighted by atomic mass is 32.2. The monoisotopic (exact) mass is 637 g/mol. The van der Waals surface area contributed by atoms with Crippen molar-refractivity contribution in [3.8, 4) is 5.75 Å². The Labute approximate surface area is 271 Å². The van der Waals surface area contributed by atoms with Crippen LogP contribution in [-0.2, 0) is 33.2 Å². The number of likely N-dealkylation sites (tertiary alicyclic amines) is 1. The highest BCUT2D eigenvalue weighted by Gasteiger charge is 2.54. The molecule has 6 rings (SSSR count). The molecule has 2 heterocycles. The summed E-state index contributed by atoms with van der Waals surface area (Å²) in [5, 5.41) is 3.04. The minimum Gasteiger partial charge on any atom is -0.497 e. The summed E-state index contributed by atoms with van der Waals surface area (Å²) in [4.78, 5) is 28.8. The molecule has 46 heavy (non-hydrogen) atoms. The Balaban J connectivity index is 1.32. The third-order valence-electron chi connectivity index (χ3n) is 9.71. The quantitative estimate of drug-likeness (QED) is 0.270. The molecule has 1 fully saturated rings. The number of carbonyl (C=O) groups excluding carboxylic acids is 2. The van der Waals surface area contributed by atoms with E-state index in [4.69, 9.17) is 4.74 Å². The van der Waals surface area contributed by atoms with E-state index in [0.29, 0.717) is 55.9 Å². The number of aryl methyl sites for hydroxylation is 1. The van der Waals surface area contributed by atoms with E-state index in [-0.39, 0.29) is 16.7 Å². The van der Waals surface area contributed by atoms with E-state index in [1.165, 1.54) is 11.4 Å². The maximum absolute atomic E-state index is 14.3. The van der Waals surface area contributed by atoms with E-state index in [1.54, 1.807) is 36.4 Å². The Morgan fingerprint density at radius 3 is 2.26 bits per heavy atom. The number of fused-ring (bicyclic) bond motifs is 2. The van der Waals surface area contributed by atoms with Gasteiger partial charge in [0, 0.05) is 30.6 Å². The van der Waals surface area contributed by atoms with E-state index in [1.807, 2.05) is 79.4 Å². The summed E-state index contributed by atoms with van der Waals surface area (Å²) in [6.07, 6.45) is 1.47. The van der Waals surface area contributed by atoms with Crippen LogP contribution in [0.1, 0.15) is 52.4 Å². The smallest absolute Gasteiger partial charge is 0.264 e. The number of ether oxygens (including phenoxy) is 1. The van der Waals surface area contributed by atoms with E-state index >= 15 is 0 Å². The van der Waals surface area contributed by atoms with Crippen LogP contribution in [-0.4, -0.2) is 51.4 Å². The molecule has 0 radical (unpaired) electrons. The van der Waals surface area contributed by atoms with Gasteiger partial charge in [-0.1, -0.05) is 54.6 Å². The fourth-order valence-electron chi connectivity index (χ4n) is 6.94. The average molecular weight is 638 g/mol. The van der Waals surface area contributed by atoms with Crippen LogP contribution in [0.25, 0.3) is 0 Å². The van der Waals surface area contributed by atoms with Crippen molar-refractivity contribution < 1.29 is 22.7 Å². The lowest BCUT2D eigenvalue weighted by molar-refractivity contribution is -0.132. The number of hydrogen-bond donors (Lipinski definition) is 1. The summed E-state index contributed by atoms with van der Waals surface area (Å²) in [6, 6.07) is 28.9. The number of rotatable bonds is 8. The van der Waals surface area contributed by atoms with E-state index in [0.717, 1.165) is 22.3 Å². The van der Waals surface area contributed by atoms with E-state index < -0.39 is 21.5 Å². The molecule has 9 heteroatoms. The summed E-state index contributed by atoms with van der Waals surface area (Å²) < 4.78 is 35.3. The molecule has 8 nitrogen and oxygen atoms in total. The number of anilines is 1. The first-order valence-corrected chi connectivity index (χ1v) is 17.1. The Kier molecular flexibility index (Phi) is 8.61. The van der Waals surface area contributed by atoms with Crippen molar-refractivity contribution in [2.45, 2.75) is 56.0 Å². The largest absolute Gasteiger partial charge is 0.497 e. The summed E-state index contributed by atoms with van der Waals surface area (Å²) in [5.41, 5.74) is 4.39. The maximum atomic E-state index is 14.3. The Morgan fingerprint density at radius 2 is 1.59 bits per heavy atom. The van der Waals surface area contributed by atoms with Gasteiger partial charge in [0.25, 0.3) is 15.9 Å². The van der Waals surface area contributed by atoms with Crippen molar-refractivity contribution >= 4 is 27.5 Å². The number of piperidine rings is 1. The number of carbonyl (C=O) groups is 2. The zero-order chi connectivity index (χ0) is 32.5. The number of hydrogen-bond acceptors (Lipinski definition) is 5. The molecule has 1 saturated heterocycles. The van der Waals surface area contributed by atoms with E-state index in [2.05, 4.69) is 5.32 Å². The molecular weight excluding hydrogens is 598 g/mol. The highest BCUT2D eigenvalue weighted by Crippen LogP contribution is 2.53. The van der Waals surface area contributed by atoms with Gasteiger partial charge in [-0.15, -0.1) is 0 Å². The average Bonchev–Trinajstić information content (AvgIpc) is 3.31. The standard InChI is InChI=1S/C37H39N3O5S/c1-26-9-7-8-12-30(26)25-38-36(42)29-13-18-34-33(24-29)37(19-21-39(22-20-37)35(41)23-28-10-5-4-6-11-28)27(2)40(34)46(43,44)32-16-14-31(45-3)15-17-32/h4-18,24,27H,19-23,25H2,1-3H3,(H,38,42). The number of benzene rings is 4. The molecule has 1 unspecified atom stereocenters. The van der Waals surface area contributed by atoms with Crippen LogP contribution < -0.4 is 14.4 Å². The number of sulfonamides is 1. The minimum atomic E-state index is -3.96. The first-order chi connectivity index (χ1) is 22.1. The Hall–Kier alpha value is -4.63. The summed E-state index contributed by atoms with van der Waals surface area (Å²) in [7, 11) is -2.42. The van der Waals surface area contributed by atoms with Crippen molar-refractivity contribution in [3.63, 3.8) is 0 Å². The zero-order valence-electron chi connectivity index (χ0n) is 26.4. The fraction of sp³-hybridized carbons (Fsp3) is 0.297. The van der Waals surface area contributed by atoms with Gasteiger partial charge in [0.05, 0.1) is 30.2 Å². The molecule has 2 amide bonds. The lowest BCUT2D eigenvalue weighted by Gasteiger charge is -2.43. The first kappa shape index (κ1) is 31.4. The van der Waals surface area contributed by atoms with Crippen LogP contribution in [0.15, 0.2) is 102 Å². The normalized spacial score (nSPS) is 17.1. The van der Waals surface area contributed by atoms with Gasteiger partial charge in [0.2, 0.25) is 5.91 Å². The van der Waals surface area contributed by atoms with Gasteiger partial charge in [0.15, 0.2) is 0 Å². The second-order valence-electron chi connectivity index (χ2n) is 12.2. The molecule has 4 aromatic carbocycles. The lowest BCUT2D eigenvalue weighted by Crippen LogP contribution is -2.52. The number of nitrogens with one attached hydrogen (secondary N) is 1. The van der Waals surface area contributed by atoms with Gasteiger partial charge < -0.3 is 15.0 Å². The van der Waals surface area contributed by atoms with Crippen LogP contribution in [0, 0.1) is 6.92 Å². The molecule has 238 valence electrons. The van der Waals surface area contributed by atoms with Crippen LogP contribution in [0.5, 0.6) is 5.75 Å². The van der Waals surface area contributed by atoms with Gasteiger partial charge >= 0.3 is 0 Å². The second kappa shape index (κ2) is 12.6. The van der Waals surface area contributed by atoms with Crippen LogP contribution in [0.4, 0.5) is 5.69 Å². The molecular formula is C37H39N3O5S. The Bertz CT molecular complexity index is 1850. The van der Waals surface area contributed by atoms with Crippen LogP contribution in [0.3, 0.4) is 0 Å². The molecule has 0 bridgehead atoms. The van der Waals surface area contributed by atoms with Crippen molar-refractivity contribution in [1.29, 1.82) is 0 Å². The van der Waals surface area contributed by atoms with Crippen molar-refractivity contribution in [2.75, 3.05) is 24.5 Å². The number of nitrogens with zero attached hydrogens (tertiary/aromatic N) is 2. The summed E-state index contributed by atoms with van der Waals surface area (Å²) in [5.74, 6) is 0.402. The van der Waals surface area contributed by atoms with Gasteiger partial charge in [-0.05, 0) is 91.4 Å². The highest BCUT2D eigenvalue weighted by molar-refractivity contribution is 7.92. The maximum Gasteiger partial charge on any atom is 0.264 e.